The van der Waals surface area contributed by atoms with E-state index in [9.17, 15) is 9.59 Å². The Labute approximate surface area is 162 Å². The summed E-state index contributed by atoms with van der Waals surface area (Å²) in [4.78, 5) is 33.3. The molecule has 1 aliphatic rings. The topological polar surface area (TPSA) is 93.2 Å². The number of aromatic nitrogens is 2. The van der Waals surface area contributed by atoms with E-state index in [0.717, 1.165) is 10.7 Å². The lowest BCUT2D eigenvalue weighted by Gasteiger charge is -2.35. The van der Waals surface area contributed by atoms with Gasteiger partial charge in [0, 0.05) is 24.6 Å². The van der Waals surface area contributed by atoms with Gasteiger partial charge in [-0.25, -0.2) is 4.98 Å². The third-order valence-electron chi connectivity index (χ3n) is 4.80. The van der Waals surface area contributed by atoms with Gasteiger partial charge in [0.2, 0.25) is 5.91 Å². The van der Waals surface area contributed by atoms with Gasteiger partial charge in [-0.05, 0) is 38.3 Å². The fourth-order valence-corrected chi connectivity index (χ4v) is 3.92. The fraction of sp³-hybridized carbons (Fsp3) is 0.474. The molecule has 0 radical (unpaired) electrons. The monoisotopic (exact) mass is 388 g/mol. The van der Waals surface area contributed by atoms with Crippen LogP contribution in [0.25, 0.3) is 0 Å². The van der Waals surface area contributed by atoms with E-state index in [1.807, 2.05) is 25.1 Å². The minimum atomic E-state index is -0.201. The van der Waals surface area contributed by atoms with Gasteiger partial charge in [-0.3, -0.25) is 14.6 Å². The zero-order chi connectivity index (χ0) is 19.2. The van der Waals surface area contributed by atoms with Crippen molar-refractivity contribution in [2.75, 3.05) is 7.11 Å². The van der Waals surface area contributed by atoms with Gasteiger partial charge in [-0.2, -0.15) is 0 Å². The quantitative estimate of drug-likeness (QED) is 0.790. The van der Waals surface area contributed by atoms with E-state index in [-0.39, 0.29) is 29.9 Å². The Hall–Kier alpha value is -2.32. The highest BCUT2D eigenvalue weighted by atomic mass is 32.1. The van der Waals surface area contributed by atoms with Crippen LogP contribution in [0.4, 0.5) is 0 Å². The summed E-state index contributed by atoms with van der Waals surface area (Å²) < 4.78 is 5.56. The van der Waals surface area contributed by atoms with Crippen molar-refractivity contribution >= 4 is 23.2 Å². The first-order valence-corrected chi connectivity index (χ1v) is 9.88. The van der Waals surface area contributed by atoms with Gasteiger partial charge in [0.05, 0.1) is 29.4 Å². The normalized spacial score (nSPS) is 22.2. The van der Waals surface area contributed by atoms with Crippen LogP contribution < -0.4 is 10.6 Å². The van der Waals surface area contributed by atoms with E-state index in [1.165, 1.54) is 11.3 Å². The van der Waals surface area contributed by atoms with Crippen molar-refractivity contribution in [2.45, 2.75) is 44.9 Å². The largest absolute Gasteiger partial charge is 0.379 e. The molecule has 8 heteroatoms. The molecule has 0 spiro atoms. The van der Waals surface area contributed by atoms with Crippen LogP contribution in [0.5, 0.6) is 0 Å². The first-order chi connectivity index (χ1) is 13.1. The molecule has 3 atom stereocenters. The van der Waals surface area contributed by atoms with E-state index in [4.69, 9.17) is 4.74 Å². The van der Waals surface area contributed by atoms with Crippen molar-refractivity contribution in [3.63, 3.8) is 0 Å². The number of pyridine rings is 1. The number of nitrogens with one attached hydrogen (secondary N) is 2. The summed E-state index contributed by atoms with van der Waals surface area (Å²) in [6.07, 6.45) is 3.48. The number of carbonyl (C=O) groups excluding carboxylic acids is 2. The Balaban J connectivity index is 1.52. The SMILES string of the molecule is CO[C@H]1C[C@@H](C(=O)NCc2ccccn2)CC[C@@H]1NC(=O)c1csc(C)n1. The first-order valence-electron chi connectivity index (χ1n) is 9.00. The van der Waals surface area contributed by atoms with Crippen LogP contribution in [0.2, 0.25) is 0 Å². The van der Waals surface area contributed by atoms with Gasteiger partial charge in [0.25, 0.3) is 5.91 Å². The predicted molar refractivity (Wildman–Crippen MR) is 102 cm³/mol. The summed E-state index contributed by atoms with van der Waals surface area (Å²) in [7, 11) is 1.62. The molecule has 2 aromatic rings. The van der Waals surface area contributed by atoms with Crippen LogP contribution in [0, 0.1) is 12.8 Å². The summed E-state index contributed by atoms with van der Waals surface area (Å²) >= 11 is 1.45. The van der Waals surface area contributed by atoms with Gasteiger partial charge in [0.1, 0.15) is 5.69 Å². The van der Waals surface area contributed by atoms with E-state index in [1.54, 1.807) is 18.7 Å². The summed E-state index contributed by atoms with van der Waals surface area (Å²) in [6, 6.07) is 5.50. The molecular formula is C19H24N4O3S. The molecule has 0 aliphatic heterocycles. The van der Waals surface area contributed by atoms with Crippen molar-refractivity contribution in [2.24, 2.45) is 5.92 Å². The molecule has 0 bridgehead atoms. The molecule has 2 aromatic heterocycles. The van der Waals surface area contributed by atoms with Crippen LogP contribution in [-0.2, 0) is 16.1 Å². The highest BCUT2D eigenvalue weighted by Crippen LogP contribution is 2.27. The van der Waals surface area contributed by atoms with Gasteiger partial charge < -0.3 is 15.4 Å². The number of ether oxygens (including phenoxy) is 1. The van der Waals surface area contributed by atoms with Crippen molar-refractivity contribution in [1.82, 2.24) is 20.6 Å². The molecule has 1 aliphatic carbocycles. The number of rotatable bonds is 6. The molecule has 1 saturated carbocycles. The van der Waals surface area contributed by atoms with E-state index < -0.39 is 0 Å². The van der Waals surface area contributed by atoms with Crippen molar-refractivity contribution in [3.05, 3.63) is 46.2 Å². The number of aryl methyl sites for hydroxylation is 1. The Morgan fingerprint density at radius 2 is 2.19 bits per heavy atom. The van der Waals surface area contributed by atoms with Crippen LogP contribution in [0.15, 0.2) is 29.8 Å². The summed E-state index contributed by atoms with van der Waals surface area (Å²) in [5.74, 6) is -0.319. The average Bonchev–Trinajstić information content (AvgIpc) is 3.13. The molecular weight excluding hydrogens is 364 g/mol. The second kappa shape index (κ2) is 9.05. The number of hydrogen-bond acceptors (Lipinski definition) is 6. The van der Waals surface area contributed by atoms with Crippen LogP contribution >= 0.6 is 11.3 Å². The molecule has 0 unspecified atom stereocenters. The Kier molecular flexibility index (Phi) is 6.52. The highest BCUT2D eigenvalue weighted by molar-refractivity contribution is 7.09. The predicted octanol–water partition coefficient (Wildman–Crippen LogP) is 2.08. The smallest absolute Gasteiger partial charge is 0.271 e. The number of hydrogen-bond donors (Lipinski definition) is 2. The minimum Gasteiger partial charge on any atom is -0.379 e. The van der Waals surface area contributed by atoms with Crippen LogP contribution in [0.3, 0.4) is 0 Å². The second-order valence-electron chi connectivity index (χ2n) is 6.65. The summed E-state index contributed by atoms with van der Waals surface area (Å²) in [5, 5.41) is 8.56. The highest BCUT2D eigenvalue weighted by Gasteiger charge is 2.35. The Bertz CT molecular complexity index is 780. The lowest BCUT2D eigenvalue weighted by atomic mass is 9.83. The average molecular weight is 388 g/mol. The molecule has 2 amide bonds. The third kappa shape index (κ3) is 5.11. The van der Waals surface area contributed by atoms with Gasteiger partial charge in [-0.15, -0.1) is 11.3 Å². The third-order valence-corrected chi connectivity index (χ3v) is 5.58. The van der Waals surface area contributed by atoms with Crippen LogP contribution in [0.1, 0.15) is 40.5 Å². The molecule has 27 heavy (non-hydrogen) atoms. The van der Waals surface area contributed by atoms with Gasteiger partial charge >= 0.3 is 0 Å². The second-order valence-corrected chi connectivity index (χ2v) is 7.72. The lowest BCUT2D eigenvalue weighted by Crippen LogP contribution is -2.49. The standard InChI is InChI=1S/C19H24N4O3S/c1-12-22-16(11-27-12)19(25)23-15-7-6-13(9-17(15)26-2)18(24)21-10-14-5-3-4-8-20-14/h3-5,8,11,13,15,17H,6-7,9-10H2,1-2H3,(H,21,24)(H,23,25)/t13-,15-,17-/m0/s1. The molecule has 2 heterocycles. The Morgan fingerprint density at radius 3 is 2.85 bits per heavy atom. The number of thiazole rings is 1. The Morgan fingerprint density at radius 1 is 1.33 bits per heavy atom. The number of nitrogens with zero attached hydrogens (tertiary/aromatic N) is 2. The van der Waals surface area contributed by atoms with E-state index in [2.05, 4.69) is 20.6 Å². The van der Waals surface area contributed by atoms with Gasteiger partial charge in [-0.1, -0.05) is 6.07 Å². The molecule has 7 nitrogen and oxygen atoms in total. The van der Waals surface area contributed by atoms with Crippen molar-refractivity contribution in [3.8, 4) is 0 Å². The molecule has 3 rings (SSSR count). The van der Waals surface area contributed by atoms with E-state index >= 15 is 0 Å². The van der Waals surface area contributed by atoms with Crippen LogP contribution in [-0.4, -0.2) is 41.0 Å². The zero-order valence-corrected chi connectivity index (χ0v) is 16.3. The first kappa shape index (κ1) is 19.4. The molecule has 0 saturated heterocycles. The summed E-state index contributed by atoms with van der Waals surface area (Å²) in [5.41, 5.74) is 1.26. The molecule has 144 valence electrons. The maximum Gasteiger partial charge on any atom is 0.271 e. The number of methoxy groups -OCH3 is 1. The van der Waals surface area contributed by atoms with E-state index in [0.29, 0.717) is 31.5 Å². The minimum absolute atomic E-state index is 0.00241. The van der Waals surface area contributed by atoms with Crippen molar-refractivity contribution < 1.29 is 14.3 Å². The number of amides is 2. The van der Waals surface area contributed by atoms with Gasteiger partial charge in [0.15, 0.2) is 0 Å². The zero-order valence-electron chi connectivity index (χ0n) is 15.5. The fourth-order valence-electron chi connectivity index (χ4n) is 3.33. The molecule has 0 aromatic carbocycles. The number of carbonyl (C=O) groups is 2. The van der Waals surface area contributed by atoms with Crippen molar-refractivity contribution in [1.29, 1.82) is 0 Å². The molecule has 1 fully saturated rings. The summed E-state index contributed by atoms with van der Waals surface area (Å²) in [6.45, 7) is 2.28. The maximum absolute atomic E-state index is 12.5. The molecule has 2 N–H and O–H groups in total. The maximum atomic E-state index is 12.5. The lowest BCUT2D eigenvalue weighted by molar-refractivity contribution is -0.128.